The number of imide groups is 1. The molecule has 1 aliphatic rings. The van der Waals surface area contributed by atoms with Crippen LogP contribution in [-0.4, -0.2) is 48.5 Å². The van der Waals surface area contributed by atoms with Crippen molar-refractivity contribution in [2.45, 2.75) is 45.3 Å². The van der Waals surface area contributed by atoms with E-state index in [1.165, 1.54) is 24.3 Å². The van der Waals surface area contributed by atoms with E-state index in [1.54, 1.807) is 6.92 Å². The Morgan fingerprint density at radius 3 is 2.56 bits per heavy atom. The summed E-state index contributed by atoms with van der Waals surface area (Å²) >= 11 is 0. The normalized spacial score (nSPS) is 19.5. The molecule has 1 aromatic carbocycles. The van der Waals surface area contributed by atoms with Crippen molar-refractivity contribution in [3.05, 3.63) is 35.6 Å². The van der Waals surface area contributed by atoms with Gasteiger partial charge >= 0.3 is 6.03 Å². The molecule has 1 saturated heterocycles. The molecule has 0 radical (unpaired) electrons. The predicted octanol–water partition coefficient (Wildman–Crippen LogP) is 1.91. The molecule has 148 valence electrons. The summed E-state index contributed by atoms with van der Waals surface area (Å²) in [5.74, 6) is -1.37. The van der Waals surface area contributed by atoms with Crippen LogP contribution in [0.15, 0.2) is 24.3 Å². The van der Waals surface area contributed by atoms with Crippen molar-refractivity contribution < 1.29 is 23.5 Å². The van der Waals surface area contributed by atoms with E-state index in [1.807, 2.05) is 13.8 Å². The van der Waals surface area contributed by atoms with Crippen LogP contribution in [0.5, 0.6) is 0 Å². The largest absolute Gasteiger partial charge is 0.379 e. The Morgan fingerprint density at radius 1 is 1.30 bits per heavy atom. The standard InChI is InChI=1S/C19H26FN3O4/c1-4-19(14-6-8-15(20)9-7-14)17(25)23(18(26)22-19)12-16(24)21-10-5-11-27-13(2)3/h6-9,13H,4-5,10-12H2,1-3H3,(H,21,24)(H,22,26)/t19-/m1/s1. The first kappa shape index (κ1) is 20.8. The minimum absolute atomic E-state index is 0.125. The zero-order valence-electron chi connectivity index (χ0n) is 15.9. The van der Waals surface area contributed by atoms with E-state index >= 15 is 0 Å². The van der Waals surface area contributed by atoms with Gasteiger partial charge in [0.05, 0.1) is 6.10 Å². The van der Waals surface area contributed by atoms with E-state index in [0.29, 0.717) is 25.1 Å². The second-order valence-corrected chi connectivity index (χ2v) is 6.71. The second kappa shape index (κ2) is 8.94. The number of hydrogen-bond acceptors (Lipinski definition) is 4. The minimum Gasteiger partial charge on any atom is -0.379 e. The average molecular weight is 379 g/mol. The lowest BCUT2D eigenvalue weighted by atomic mass is 9.87. The topological polar surface area (TPSA) is 87.7 Å². The van der Waals surface area contributed by atoms with Crippen LogP contribution < -0.4 is 10.6 Å². The summed E-state index contributed by atoms with van der Waals surface area (Å²) in [4.78, 5) is 38.2. The van der Waals surface area contributed by atoms with Gasteiger partial charge < -0.3 is 15.4 Å². The number of carbonyl (C=O) groups is 3. The van der Waals surface area contributed by atoms with Gasteiger partial charge in [0.2, 0.25) is 5.91 Å². The van der Waals surface area contributed by atoms with Gasteiger partial charge in [-0.15, -0.1) is 0 Å². The molecule has 1 atom stereocenters. The van der Waals surface area contributed by atoms with Crippen LogP contribution in [0.25, 0.3) is 0 Å². The summed E-state index contributed by atoms with van der Waals surface area (Å²) in [7, 11) is 0. The molecule has 4 amide bonds. The lowest BCUT2D eigenvalue weighted by molar-refractivity contribution is -0.135. The Kier molecular flexibility index (Phi) is 6.90. The number of nitrogens with one attached hydrogen (secondary N) is 2. The van der Waals surface area contributed by atoms with Crippen molar-refractivity contribution >= 4 is 17.8 Å². The summed E-state index contributed by atoms with van der Waals surface area (Å²) in [6, 6.07) is 4.77. The highest BCUT2D eigenvalue weighted by molar-refractivity contribution is 6.09. The SMILES string of the molecule is CC[C@]1(c2ccc(F)cc2)NC(=O)N(CC(=O)NCCCOC(C)C)C1=O. The average Bonchev–Trinajstić information content (AvgIpc) is 2.87. The van der Waals surface area contributed by atoms with Gasteiger partial charge in [0.25, 0.3) is 5.91 Å². The molecule has 1 aliphatic heterocycles. The molecule has 1 aromatic rings. The van der Waals surface area contributed by atoms with Gasteiger partial charge in [-0.2, -0.15) is 0 Å². The van der Waals surface area contributed by atoms with Gasteiger partial charge in [0, 0.05) is 13.2 Å². The van der Waals surface area contributed by atoms with Crippen LogP contribution in [0.4, 0.5) is 9.18 Å². The van der Waals surface area contributed by atoms with Crippen molar-refractivity contribution in [1.29, 1.82) is 0 Å². The monoisotopic (exact) mass is 379 g/mol. The maximum absolute atomic E-state index is 13.2. The maximum atomic E-state index is 13.2. The fourth-order valence-corrected chi connectivity index (χ4v) is 2.96. The van der Waals surface area contributed by atoms with Gasteiger partial charge in [0.15, 0.2) is 0 Å². The number of carbonyl (C=O) groups excluding carboxylic acids is 3. The quantitative estimate of drug-likeness (QED) is 0.507. The van der Waals surface area contributed by atoms with Crippen molar-refractivity contribution in [1.82, 2.24) is 15.5 Å². The van der Waals surface area contributed by atoms with E-state index in [0.717, 1.165) is 4.90 Å². The second-order valence-electron chi connectivity index (χ2n) is 6.71. The van der Waals surface area contributed by atoms with Crippen molar-refractivity contribution in [2.24, 2.45) is 0 Å². The highest BCUT2D eigenvalue weighted by Crippen LogP contribution is 2.32. The van der Waals surface area contributed by atoms with Gasteiger partial charge in [-0.3, -0.25) is 14.5 Å². The van der Waals surface area contributed by atoms with E-state index in [2.05, 4.69) is 10.6 Å². The van der Waals surface area contributed by atoms with E-state index in [4.69, 9.17) is 4.74 Å². The first-order valence-corrected chi connectivity index (χ1v) is 9.08. The predicted molar refractivity (Wildman–Crippen MR) is 97.3 cm³/mol. The number of benzene rings is 1. The summed E-state index contributed by atoms with van der Waals surface area (Å²) in [6.07, 6.45) is 1.05. The van der Waals surface area contributed by atoms with E-state index in [-0.39, 0.29) is 19.1 Å². The molecule has 0 aromatic heterocycles. The first-order valence-electron chi connectivity index (χ1n) is 9.08. The highest BCUT2D eigenvalue weighted by atomic mass is 19.1. The van der Waals surface area contributed by atoms with Gasteiger partial charge in [-0.25, -0.2) is 9.18 Å². The van der Waals surface area contributed by atoms with Gasteiger partial charge in [-0.1, -0.05) is 19.1 Å². The van der Waals surface area contributed by atoms with Crippen molar-refractivity contribution in [2.75, 3.05) is 19.7 Å². The van der Waals surface area contributed by atoms with Gasteiger partial charge in [-0.05, 0) is 44.4 Å². The van der Waals surface area contributed by atoms with Crippen LogP contribution in [0, 0.1) is 5.82 Å². The molecule has 1 heterocycles. The third-order valence-corrected chi connectivity index (χ3v) is 4.44. The van der Waals surface area contributed by atoms with E-state index in [9.17, 15) is 18.8 Å². The zero-order chi connectivity index (χ0) is 20.0. The van der Waals surface area contributed by atoms with Crippen LogP contribution in [0.3, 0.4) is 0 Å². The molecule has 2 N–H and O–H groups in total. The van der Waals surface area contributed by atoms with Crippen LogP contribution >= 0.6 is 0 Å². The fraction of sp³-hybridized carbons (Fsp3) is 0.526. The lowest BCUT2D eigenvalue weighted by Crippen LogP contribution is -2.45. The Morgan fingerprint density at radius 2 is 1.96 bits per heavy atom. The molecule has 2 rings (SSSR count). The maximum Gasteiger partial charge on any atom is 0.325 e. The molecule has 0 bridgehead atoms. The van der Waals surface area contributed by atoms with Crippen LogP contribution in [-0.2, 0) is 19.9 Å². The Balaban J connectivity index is 1.98. The van der Waals surface area contributed by atoms with Crippen LogP contribution in [0.2, 0.25) is 0 Å². The number of hydrogen-bond donors (Lipinski definition) is 2. The number of amides is 4. The Hall–Kier alpha value is -2.48. The number of ether oxygens (including phenoxy) is 1. The molecule has 0 spiro atoms. The molecule has 1 fully saturated rings. The number of rotatable bonds is 9. The fourth-order valence-electron chi connectivity index (χ4n) is 2.96. The van der Waals surface area contributed by atoms with Crippen molar-refractivity contribution in [3.8, 4) is 0 Å². The number of urea groups is 1. The third-order valence-electron chi connectivity index (χ3n) is 4.44. The molecule has 27 heavy (non-hydrogen) atoms. The molecule has 0 unspecified atom stereocenters. The summed E-state index contributed by atoms with van der Waals surface area (Å²) in [5.41, 5.74) is -0.797. The summed E-state index contributed by atoms with van der Waals surface area (Å²) in [6.45, 7) is 6.16. The smallest absolute Gasteiger partial charge is 0.325 e. The summed E-state index contributed by atoms with van der Waals surface area (Å²) < 4.78 is 18.6. The minimum atomic E-state index is -1.28. The molecule has 8 heteroatoms. The first-order chi connectivity index (χ1) is 12.8. The molecular formula is C19H26FN3O4. The molecule has 0 saturated carbocycles. The number of nitrogens with zero attached hydrogens (tertiary/aromatic N) is 1. The molecule has 0 aliphatic carbocycles. The molecular weight excluding hydrogens is 353 g/mol. The Labute approximate surface area is 158 Å². The van der Waals surface area contributed by atoms with E-state index < -0.39 is 29.2 Å². The van der Waals surface area contributed by atoms with Crippen LogP contribution in [0.1, 0.15) is 39.2 Å². The zero-order valence-corrected chi connectivity index (χ0v) is 15.9. The lowest BCUT2D eigenvalue weighted by Gasteiger charge is -2.25. The highest BCUT2D eigenvalue weighted by Gasteiger charge is 2.51. The number of halogens is 1. The van der Waals surface area contributed by atoms with Gasteiger partial charge in [0.1, 0.15) is 17.9 Å². The summed E-state index contributed by atoms with van der Waals surface area (Å²) in [5, 5.41) is 5.34. The van der Waals surface area contributed by atoms with Crippen molar-refractivity contribution in [3.63, 3.8) is 0 Å². The Bertz CT molecular complexity index is 693. The molecule has 7 nitrogen and oxygen atoms in total. The third kappa shape index (κ3) is 4.82.